The number of hydrogen-bond acceptors (Lipinski definition) is 2. The summed E-state index contributed by atoms with van der Waals surface area (Å²) in [5, 5.41) is 13.7. The van der Waals surface area contributed by atoms with E-state index in [1.165, 1.54) is 6.42 Å². The molecule has 6 heteroatoms. The van der Waals surface area contributed by atoms with Crippen molar-refractivity contribution in [3.05, 3.63) is 28.8 Å². The number of piperidine rings is 1. The van der Waals surface area contributed by atoms with Gasteiger partial charge in [0.05, 0.1) is 10.7 Å². The molecule has 20 heavy (non-hydrogen) atoms. The summed E-state index contributed by atoms with van der Waals surface area (Å²) in [7, 11) is 0. The van der Waals surface area contributed by atoms with Gasteiger partial charge in [0.25, 0.3) is 0 Å². The van der Waals surface area contributed by atoms with Gasteiger partial charge in [-0.05, 0) is 37.8 Å². The number of amides is 2. The topological polar surface area (TPSA) is 68.2 Å². The highest BCUT2D eigenvalue weighted by atomic mass is 35.5. The number of hydrogen-bond donors (Lipinski definition) is 3. The monoisotopic (exact) mass is 294 g/mol. The maximum absolute atomic E-state index is 11.9. The Morgan fingerprint density at radius 2 is 2.00 bits per heavy atom. The van der Waals surface area contributed by atoms with Gasteiger partial charge in [-0.2, -0.15) is 0 Å². The van der Waals surface area contributed by atoms with Crippen molar-refractivity contribution in [1.29, 1.82) is 5.41 Å². The predicted octanol–water partition coefficient (Wildman–Crippen LogP) is 3.19. The van der Waals surface area contributed by atoms with Gasteiger partial charge in [0.1, 0.15) is 0 Å². The summed E-state index contributed by atoms with van der Waals surface area (Å²) < 4.78 is 0. The number of anilines is 1. The van der Waals surface area contributed by atoms with E-state index in [9.17, 15) is 4.79 Å². The fourth-order valence-corrected chi connectivity index (χ4v) is 2.51. The number of nitrogens with one attached hydrogen (secondary N) is 3. The van der Waals surface area contributed by atoms with E-state index in [2.05, 4.69) is 10.6 Å². The van der Waals surface area contributed by atoms with Crippen molar-refractivity contribution in [1.82, 2.24) is 10.2 Å². The van der Waals surface area contributed by atoms with Gasteiger partial charge in [-0.15, -0.1) is 0 Å². The molecule has 1 aliphatic heterocycles. The summed E-state index contributed by atoms with van der Waals surface area (Å²) in [6, 6.07) is 4.99. The normalized spacial score (nSPS) is 14.8. The van der Waals surface area contributed by atoms with Gasteiger partial charge < -0.3 is 10.2 Å². The molecule has 3 N–H and O–H groups in total. The number of carbonyl (C=O) groups is 1. The van der Waals surface area contributed by atoms with Gasteiger partial charge in [0.2, 0.25) is 0 Å². The quantitative estimate of drug-likeness (QED) is 0.550. The molecular formula is C14H19ClN4O. The average molecular weight is 295 g/mol. The van der Waals surface area contributed by atoms with E-state index in [4.69, 9.17) is 17.0 Å². The first-order chi connectivity index (χ1) is 9.58. The number of benzene rings is 1. The third-order valence-corrected chi connectivity index (χ3v) is 3.68. The smallest absolute Gasteiger partial charge is 0.326 e. The van der Waals surface area contributed by atoms with Crippen LogP contribution in [0.4, 0.5) is 10.5 Å². The van der Waals surface area contributed by atoms with E-state index in [0.29, 0.717) is 10.7 Å². The van der Waals surface area contributed by atoms with Gasteiger partial charge in [-0.3, -0.25) is 10.7 Å². The molecule has 0 unspecified atom stereocenters. The predicted molar refractivity (Wildman–Crippen MR) is 81.5 cm³/mol. The molecule has 0 saturated carbocycles. The van der Waals surface area contributed by atoms with E-state index in [-0.39, 0.29) is 5.96 Å². The summed E-state index contributed by atoms with van der Waals surface area (Å²) >= 11 is 6.05. The van der Waals surface area contributed by atoms with Crippen LogP contribution >= 0.6 is 11.6 Å². The van der Waals surface area contributed by atoms with E-state index in [1.54, 1.807) is 6.07 Å². The molecule has 1 aliphatic rings. The molecular weight excluding hydrogens is 276 g/mol. The van der Waals surface area contributed by atoms with Crippen molar-refractivity contribution in [3.63, 3.8) is 0 Å². The lowest BCUT2D eigenvalue weighted by Crippen LogP contribution is -2.47. The zero-order valence-corrected chi connectivity index (χ0v) is 12.3. The molecule has 1 aromatic carbocycles. The van der Waals surface area contributed by atoms with E-state index in [1.807, 2.05) is 24.0 Å². The lowest BCUT2D eigenvalue weighted by molar-refractivity contribution is 0.253. The number of rotatable bonds is 1. The third-order valence-electron chi connectivity index (χ3n) is 3.36. The second-order valence-electron chi connectivity index (χ2n) is 4.91. The highest BCUT2D eigenvalue weighted by molar-refractivity contribution is 6.34. The van der Waals surface area contributed by atoms with Crippen molar-refractivity contribution in [2.24, 2.45) is 0 Å². The number of guanidine groups is 1. The fraction of sp³-hybridized carbons (Fsp3) is 0.429. The molecule has 0 aliphatic carbocycles. The van der Waals surface area contributed by atoms with Gasteiger partial charge in [0.15, 0.2) is 5.96 Å². The first kappa shape index (κ1) is 14.7. The number of para-hydroxylation sites is 1. The Balaban J connectivity index is 1.93. The first-order valence-corrected chi connectivity index (χ1v) is 7.12. The second kappa shape index (κ2) is 6.61. The van der Waals surface area contributed by atoms with Crippen LogP contribution in [0.2, 0.25) is 5.02 Å². The molecule has 0 atom stereocenters. The molecule has 0 aromatic heterocycles. The molecule has 1 saturated heterocycles. The Kier molecular flexibility index (Phi) is 4.84. The van der Waals surface area contributed by atoms with Crippen LogP contribution in [-0.4, -0.2) is 30.0 Å². The largest absolute Gasteiger partial charge is 0.343 e. The zero-order valence-electron chi connectivity index (χ0n) is 11.5. The van der Waals surface area contributed by atoms with Crippen LogP contribution < -0.4 is 10.6 Å². The molecule has 0 spiro atoms. The minimum absolute atomic E-state index is 0.145. The van der Waals surface area contributed by atoms with Gasteiger partial charge in [-0.25, -0.2) is 4.79 Å². The molecule has 2 amide bonds. The molecule has 1 fully saturated rings. The lowest BCUT2D eigenvalue weighted by atomic mass is 10.1. The molecule has 5 nitrogen and oxygen atoms in total. The Hall–Kier alpha value is -1.75. The molecule has 2 rings (SSSR count). The van der Waals surface area contributed by atoms with Crippen LogP contribution in [0.1, 0.15) is 24.8 Å². The Labute approximate surface area is 123 Å². The number of urea groups is 1. The summed E-state index contributed by atoms with van der Waals surface area (Å²) in [5.41, 5.74) is 1.47. The summed E-state index contributed by atoms with van der Waals surface area (Å²) in [6.45, 7) is 3.52. The Bertz CT molecular complexity index is 492. The molecule has 0 radical (unpaired) electrons. The Morgan fingerprint density at radius 3 is 2.65 bits per heavy atom. The van der Waals surface area contributed by atoms with Gasteiger partial charge in [0, 0.05) is 13.1 Å². The zero-order chi connectivity index (χ0) is 14.5. The van der Waals surface area contributed by atoms with E-state index < -0.39 is 6.03 Å². The molecule has 1 heterocycles. The number of nitrogens with zero attached hydrogens (tertiary/aromatic N) is 1. The van der Waals surface area contributed by atoms with E-state index in [0.717, 1.165) is 31.5 Å². The maximum Gasteiger partial charge on any atom is 0.326 e. The molecule has 1 aromatic rings. The highest BCUT2D eigenvalue weighted by Gasteiger charge is 2.16. The highest BCUT2D eigenvalue weighted by Crippen LogP contribution is 2.24. The standard InChI is InChI=1S/C14H19ClN4O/c1-10-6-5-7-11(15)12(10)17-14(20)18-13(16)19-8-3-2-4-9-19/h5-7H,2-4,8-9H2,1H3,(H3,16,17,18,20). The summed E-state index contributed by atoms with van der Waals surface area (Å²) in [4.78, 5) is 13.8. The number of aryl methyl sites for hydroxylation is 1. The first-order valence-electron chi connectivity index (χ1n) is 6.74. The van der Waals surface area contributed by atoms with Gasteiger partial charge in [-0.1, -0.05) is 23.7 Å². The minimum Gasteiger partial charge on any atom is -0.343 e. The third kappa shape index (κ3) is 3.63. The minimum atomic E-state index is -0.434. The van der Waals surface area contributed by atoms with Crippen molar-refractivity contribution in [3.8, 4) is 0 Å². The molecule has 0 bridgehead atoms. The average Bonchev–Trinajstić information content (AvgIpc) is 2.44. The van der Waals surface area contributed by atoms with Crippen molar-refractivity contribution >= 4 is 29.3 Å². The van der Waals surface area contributed by atoms with Crippen LogP contribution in [0, 0.1) is 12.3 Å². The van der Waals surface area contributed by atoms with Crippen LogP contribution in [0.5, 0.6) is 0 Å². The lowest BCUT2D eigenvalue weighted by Gasteiger charge is -2.28. The van der Waals surface area contributed by atoms with Crippen molar-refractivity contribution in [2.45, 2.75) is 26.2 Å². The van der Waals surface area contributed by atoms with Crippen LogP contribution in [-0.2, 0) is 0 Å². The second-order valence-corrected chi connectivity index (χ2v) is 5.31. The SMILES string of the molecule is Cc1cccc(Cl)c1NC(=O)NC(=N)N1CCCCC1. The summed E-state index contributed by atoms with van der Waals surface area (Å²) in [6.07, 6.45) is 3.32. The number of carbonyl (C=O) groups excluding carboxylic acids is 1. The fourth-order valence-electron chi connectivity index (χ4n) is 2.24. The number of likely N-dealkylation sites (tertiary alicyclic amines) is 1. The van der Waals surface area contributed by atoms with Crippen molar-refractivity contribution in [2.75, 3.05) is 18.4 Å². The molecule has 108 valence electrons. The van der Waals surface area contributed by atoms with Gasteiger partial charge >= 0.3 is 6.03 Å². The summed E-state index contributed by atoms with van der Waals surface area (Å²) in [5.74, 6) is 0.145. The van der Waals surface area contributed by atoms with Crippen LogP contribution in [0.15, 0.2) is 18.2 Å². The Morgan fingerprint density at radius 1 is 1.30 bits per heavy atom. The number of halogens is 1. The van der Waals surface area contributed by atoms with Crippen LogP contribution in [0.3, 0.4) is 0 Å². The van der Waals surface area contributed by atoms with E-state index >= 15 is 0 Å². The van der Waals surface area contributed by atoms with Crippen molar-refractivity contribution < 1.29 is 4.79 Å². The van der Waals surface area contributed by atoms with Crippen LogP contribution in [0.25, 0.3) is 0 Å². The maximum atomic E-state index is 11.9.